The topological polar surface area (TPSA) is 97.7 Å². The molecule has 1 aromatic carbocycles. The molecule has 2 N–H and O–H groups in total. The minimum atomic E-state index is -0.474. The number of morpholine rings is 1. The van der Waals surface area contributed by atoms with Crippen LogP contribution in [0.1, 0.15) is 70.0 Å². The molecule has 0 unspecified atom stereocenters. The summed E-state index contributed by atoms with van der Waals surface area (Å²) < 4.78 is 12.7. The fraction of sp³-hybridized carbons (Fsp3) is 0.607. The van der Waals surface area contributed by atoms with E-state index in [9.17, 15) is 9.59 Å². The number of ether oxygens (including phenoxy) is 2. The third-order valence-corrected chi connectivity index (χ3v) is 7.41. The molecule has 1 aliphatic carbocycles. The molecule has 2 aliphatic rings. The highest BCUT2D eigenvalue weighted by Crippen LogP contribution is 2.38. The molecule has 1 saturated heterocycles. The predicted octanol–water partition coefficient (Wildman–Crippen LogP) is 3.38. The van der Waals surface area contributed by atoms with E-state index in [0.717, 1.165) is 30.8 Å². The van der Waals surface area contributed by atoms with Gasteiger partial charge in [-0.05, 0) is 44.7 Å². The van der Waals surface area contributed by atoms with E-state index >= 15 is 0 Å². The first-order valence-electron chi connectivity index (χ1n) is 13.4. The van der Waals surface area contributed by atoms with Gasteiger partial charge in [-0.3, -0.25) is 9.48 Å². The first-order chi connectivity index (χ1) is 17.7. The maximum atomic E-state index is 13.6. The van der Waals surface area contributed by atoms with Crippen molar-refractivity contribution in [2.45, 2.75) is 83.2 Å². The Labute approximate surface area is 219 Å². The zero-order valence-electron chi connectivity index (χ0n) is 22.7. The lowest BCUT2D eigenvalue weighted by Crippen LogP contribution is -2.53. The number of amides is 2. The second-order valence-corrected chi connectivity index (χ2v) is 10.7. The van der Waals surface area contributed by atoms with Gasteiger partial charge in [-0.15, -0.1) is 0 Å². The Morgan fingerprint density at radius 1 is 1.27 bits per heavy atom. The Morgan fingerprint density at radius 3 is 2.65 bits per heavy atom. The minimum absolute atomic E-state index is 0.00939. The number of nitrogens with zero attached hydrogens (tertiary/aromatic N) is 3. The summed E-state index contributed by atoms with van der Waals surface area (Å²) in [7, 11) is 1.36. The molecule has 2 amide bonds. The molecule has 9 heteroatoms. The molecule has 0 spiro atoms. The Bertz CT molecular complexity index is 1070. The van der Waals surface area contributed by atoms with Gasteiger partial charge >= 0.3 is 6.09 Å². The highest BCUT2D eigenvalue weighted by atomic mass is 16.5. The van der Waals surface area contributed by atoms with E-state index in [1.165, 1.54) is 12.7 Å². The number of carbonyl (C=O) groups is 2. The molecule has 4 rings (SSSR count). The summed E-state index contributed by atoms with van der Waals surface area (Å²) in [4.78, 5) is 27.1. The van der Waals surface area contributed by atoms with Crippen molar-refractivity contribution in [3.8, 4) is 0 Å². The minimum Gasteiger partial charge on any atom is -0.453 e. The van der Waals surface area contributed by atoms with Crippen LogP contribution in [0.25, 0.3) is 0 Å². The van der Waals surface area contributed by atoms with Gasteiger partial charge in [0, 0.05) is 43.3 Å². The van der Waals surface area contributed by atoms with E-state index in [-0.39, 0.29) is 29.5 Å². The highest BCUT2D eigenvalue weighted by molar-refractivity contribution is 5.82. The second-order valence-electron chi connectivity index (χ2n) is 10.7. The summed E-state index contributed by atoms with van der Waals surface area (Å²) in [6.45, 7) is 10.9. The van der Waals surface area contributed by atoms with Gasteiger partial charge in [0.25, 0.3) is 5.91 Å². The van der Waals surface area contributed by atoms with Gasteiger partial charge in [0.2, 0.25) is 0 Å². The van der Waals surface area contributed by atoms with Crippen LogP contribution in [0.3, 0.4) is 0 Å². The van der Waals surface area contributed by atoms with Gasteiger partial charge in [0.1, 0.15) is 6.10 Å². The van der Waals surface area contributed by atoms with Crippen LogP contribution in [-0.4, -0.2) is 71.7 Å². The molecule has 2 fully saturated rings. The Kier molecular flexibility index (Phi) is 8.54. The van der Waals surface area contributed by atoms with Crippen LogP contribution in [0, 0.1) is 0 Å². The van der Waals surface area contributed by atoms with Gasteiger partial charge in [0.15, 0.2) is 0 Å². The number of rotatable bonds is 10. The SMILES string of the molecule is COC(=O)NCCCn1nc([C@@H](C)N(C(=O)[C@H]2CNC[C@@H](C)O2)C2CC2)cc1C(C)(C)c1ccccc1. The monoisotopic (exact) mass is 511 g/mol. The number of nitrogens with one attached hydrogen (secondary N) is 2. The third-order valence-electron chi connectivity index (χ3n) is 7.41. The number of aromatic nitrogens is 2. The van der Waals surface area contributed by atoms with Crippen LogP contribution in [0.2, 0.25) is 0 Å². The molecule has 1 saturated carbocycles. The zero-order valence-corrected chi connectivity index (χ0v) is 22.7. The van der Waals surface area contributed by atoms with Crippen molar-refractivity contribution in [3.05, 3.63) is 53.3 Å². The quantitative estimate of drug-likeness (QED) is 0.475. The summed E-state index contributed by atoms with van der Waals surface area (Å²) in [6.07, 6.45) is 1.82. The summed E-state index contributed by atoms with van der Waals surface area (Å²) in [5.41, 5.74) is 2.83. The number of carbonyl (C=O) groups excluding carboxylic acids is 2. The van der Waals surface area contributed by atoms with Crippen molar-refractivity contribution in [1.82, 2.24) is 25.3 Å². The summed E-state index contributed by atoms with van der Waals surface area (Å²) in [6, 6.07) is 12.6. The smallest absolute Gasteiger partial charge is 0.406 e. The molecular formula is C28H41N5O4. The maximum Gasteiger partial charge on any atom is 0.406 e. The lowest BCUT2D eigenvalue weighted by Gasteiger charge is -2.35. The summed E-state index contributed by atoms with van der Waals surface area (Å²) >= 11 is 0. The van der Waals surface area contributed by atoms with Crippen molar-refractivity contribution in [1.29, 1.82) is 0 Å². The van der Waals surface area contributed by atoms with E-state index in [0.29, 0.717) is 26.1 Å². The summed E-state index contributed by atoms with van der Waals surface area (Å²) in [5, 5.41) is 11.1. The number of aryl methyl sites for hydroxylation is 1. The average molecular weight is 512 g/mol. The molecule has 1 aromatic heterocycles. The van der Waals surface area contributed by atoms with Gasteiger partial charge < -0.3 is 25.0 Å². The molecule has 1 aliphatic heterocycles. The lowest BCUT2D eigenvalue weighted by atomic mass is 9.81. The molecule has 2 aromatic rings. The van der Waals surface area contributed by atoms with Crippen molar-refractivity contribution in [2.24, 2.45) is 0 Å². The predicted molar refractivity (Wildman–Crippen MR) is 141 cm³/mol. The van der Waals surface area contributed by atoms with Crippen LogP contribution < -0.4 is 10.6 Å². The fourth-order valence-corrected chi connectivity index (χ4v) is 5.10. The second kappa shape index (κ2) is 11.6. The number of benzene rings is 1. The Balaban J connectivity index is 1.61. The largest absolute Gasteiger partial charge is 0.453 e. The normalized spacial score (nSPS) is 20.8. The van der Waals surface area contributed by atoms with Gasteiger partial charge in [-0.25, -0.2) is 4.79 Å². The molecule has 0 bridgehead atoms. The van der Waals surface area contributed by atoms with Crippen LogP contribution >= 0.6 is 0 Å². The van der Waals surface area contributed by atoms with E-state index in [1.807, 2.05) is 34.7 Å². The molecule has 0 radical (unpaired) electrons. The van der Waals surface area contributed by atoms with Crippen LogP contribution in [-0.2, 0) is 26.2 Å². The Morgan fingerprint density at radius 2 is 2.00 bits per heavy atom. The lowest BCUT2D eigenvalue weighted by molar-refractivity contribution is -0.152. The van der Waals surface area contributed by atoms with E-state index in [2.05, 4.69) is 54.3 Å². The van der Waals surface area contributed by atoms with Crippen molar-refractivity contribution < 1.29 is 19.1 Å². The van der Waals surface area contributed by atoms with Crippen LogP contribution in [0.15, 0.2) is 36.4 Å². The van der Waals surface area contributed by atoms with Gasteiger partial charge in [-0.1, -0.05) is 44.2 Å². The number of hydrogen-bond donors (Lipinski definition) is 2. The van der Waals surface area contributed by atoms with E-state index in [1.54, 1.807) is 0 Å². The van der Waals surface area contributed by atoms with Gasteiger partial charge in [0.05, 0.1) is 24.9 Å². The van der Waals surface area contributed by atoms with Crippen molar-refractivity contribution >= 4 is 12.0 Å². The maximum absolute atomic E-state index is 13.6. The average Bonchev–Trinajstić information content (AvgIpc) is 3.63. The van der Waals surface area contributed by atoms with Crippen LogP contribution in [0.5, 0.6) is 0 Å². The molecule has 37 heavy (non-hydrogen) atoms. The first-order valence-corrected chi connectivity index (χ1v) is 13.4. The molecular weight excluding hydrogens is 470 g/mol. The van der Waals surface area contributed by atoms with E-state index < -0.39 is 12.2 Å². The third kappa shape index (κ3) is 6.33. The first kappa shape index (κ1) is 27.1. The number of alkyl carbamates (subject to hydrolysis) is 1. The number of methoxy groups -OCH3 is 1. The van der Waals surface area contributed by atoms with Gasteiger partial charge in [-0.2, -0.15) is 5.10 Å². The highest BCUT2D eigenvalue weighted by Gasteiger charge is 2.42. The summed E-state index contributed by atoms with van der Waals surface area (Å²) in [5.74, 6) is 0.0368. The number of hydrogen-bond acceptors (Lipinski definition) is 6. The fourth-order valence-electron chi connectivity index (χ4n) is 5.10. The van der Waals surface area contributed by atoms with E-state index in [4.69, 9.17) is 9.84 Å². The molecule has 3 atom stereocenters. The van der Waals surface area contributed by atoms with Crippen LogP contribution in [0.4, 0.5) is 4.79 Å². The standard InChI is InChI=1S/C28H41N5O4/c1-19-17-29-18-24(37-19)26(34)33(22-12-13-22)20(2)23-16-25(28(3,4)21-10-7-6-8-11-21)32(31-23)15-9-14-30-27(35)36-5/h6-8,10-11,16,19-20,22,24,29H,9,12-15,17-18H2,1-5H3,(H,30,35)/t19-,20-,24-/m1/s1. The van der Waals surface area contributed by atoms with Crippen molar-refractivity contribution in [2.75, 3.05) is 26.7 Å². The Hall–Kier alpha value is -2.91. The van der Waals surface area contributed by atoms with Crippen molar-refractivity contribution in [3.63, 3.8) is 0 Å². The molecule has 202 valence electrons. The molecule has 9 nitrogen and oxygen atoms in total. The molecule has 2 heterocycles. The zero-order chi connectivity index (χ0) is 26.6.